The van der Waals surface area contributed by atoms with Crippen molar-refractivity contribution in [3.63, 3.8) is 0 Å². The van der Waals surface area contributed by atoms with Gasteiger partial charge in [0.2, 0.25) is 0 Å². The Balaban J connectivity index is 1.86. The number of hydrogen-bond acceptors (Lipinski definition) is 2. The molecule has 0 fully saturated rings. The fourth-order valence-electron chi connectivity index (χ4n) is 2.02. The van der Waals surface area contributed by atoms with Crippen LogP contribution in [-0.2, 0) is 6.54 Å². The zero-order chi connectivity index (χ0) is 12.1. The predicted molar refractivity (Wildman–Crippen MR) is 70.9 cm³/mol. The molecule has 1 unspecified atom stereocenters. The van der Waals surface area contributed by atoms with Crippen molar-refractivity contribution in [1.82, 2.24) is 10.3 Å². The van der Waals surface area contributed by atoms with E-state index in [0.29, 0.717) is 6.54 Å². The number of nitrogens with one attached hydrogen (secondary N) is 2. The average molecular weight is 232 g/mol. The minimum atomic E-state index is -0.228. The summed E-state index contributed by atoms with van der Waals surface area (Å²) in [7, 11) is 0. The van der Waals surface area contributed by atoms with Crippen molar-refractivity contribution in [2.75, 3.05) is 6.54 Å². The van der Waals surface area contributed by atoms with E-state index in [4.69, 9.17) is 0 Å². The van der Waals surface area contributed by atoms with Gasteiger partial charge in [-0.3, -0.25) is 0 Å². The Hall–Kier alpha value is -1.32. The highest BCUT2D eigenvalue weighted by Crippen LogP contribution is 2.13. The first-order chi connectivity index (χ1) is 8.29. The van der Waals surface area contributed by atoms with Crippen molar-refractivity contribution in [1.29, 1.82) is 0 Å². The Morgan fingerprint density at radius 1 is 1.35 bits per heavy atom. The molecule has 3 heteroatoms. The standard InChI is InChI=1S/C14H20N2O/c1-2-3-13(17)10-15-9-11-4-5-12-6-7-16-14(12)8-11/h4-8,13,15-17H,2-3,9-10H2,1H3. The lowest BCUT2D eigenvalue weighted by Gasteiger charge is -2.10. The molecule has 2 rings (SSSR count). The Labute approximate surface area is 102 Å². The third-order valence-electron chi connectivity index (χ3n) is 2.95. The second-order valence-electron chi connectivity index (χ2n) is 4.47. The van der Waals surface area contributed by atoms with Gasteiger partial charge in [-0.15, -0.1) is 0 Å². The van der Waals surface area contributed by atoms with Gasteiger partial charge in [0.15, 0.2) is 0 Å². The second-order valence-corrected chi connectivity index (χ2v) is 4.47. The number of hydrogen-bond donors (Lipinski definition) is 3. The van der Waals surface area contributed by atoms with Crippen LogP contribution in [0.25, 0.3) is 10.9 Å². The SMILES string of the molecule is CCCC(O)CNCc1ccc2cc[nH]c2c1. The van der Waals surface area contributed by atoms with E-state index >= 15 is 0 Å². The van der Waals surface area contributed by atoms with E-state index in [0.717, 1.165) is 19.4 Å². The van der Waals surface area contributed by atoms with Gasteiger partial charge in [0.25, 0.3) is 0 Å². The zero-order valence-electron chi connectivity index (χ0n) is 10.2. The molecule has 1 aromatic carbocycles. The van der Waals surface area contributed by atoms with Gasteiger partial charge in [0, 0.05) is 24.8 Å². The highest BCUT2D eigenvalue weighted by Gasteiger charge is 2.02. The quantitative estimate of drug-likeness (QED) is 0.716. The van der Waals surface area contributed by atoms with Gasteiger partial charge in [-0.25, -0.2) is 0 Å². The van der Waals surface area contributed by atoms with E-state index in [1.54, 1.807) is 0 Å². The summed E-state index contributed by atoms with van der Waals surface area (Å²) in [5, 5.41) is 14.1. The molecule has 1 atom stereocenters. The molecular weight excluding hydrogens is 212 g/mol. The molecule has 0 radical (unpaired) electrons. The Morgan fingerprint density at radius 2 is 2.24 bits per heavy atom. The minimum Gasteiger partial charge on any atom is -0.392 e. The monoisotopic (exact) mass is 232 g/mol. The second kappa shape index (κ2) is 5.84. The maximum absolute atomic E-state index is 9.60. The molecular formula is C14H20N2O. The maximum Gasteiger partial charge on any atom is 0.0664 e. The number of H-pyrrole nitrogens is 1. The third kappa shape index (κ3) is 3.32. The Morgan fingerprint density at radius 3 is 3.06 bits per heavy atom. The fourth-order valence-corrected chi connectivity index (χ4v) is 2.02. The van der Waals surface area contributed by atoms with Crippen LogP contribution in [0.1, 0.15) is 25.3 Å². The van der Waals surface area contributed by atoms with Crippen molar-refractivity contribution in [2.24, 2.45) is 0 Å². The van der Waals surface area contributed by atoms with E-state index in [1.807, 2.05) is 6.20 Å². The van der Waals surface area contributed by atoms with E-state index in [-0.39, 0.29) is 6.10 Å². The van der Waals surface area contributed by atoms with E-state index in [2.05, 4.69) is 41.5 Å². The van der Waals surface area contributed by atoms with Crippen molar-refractivity contribution in [2.45, 2.75) is 32.4 Å². The summed E-state index contributed by atoms with van der Waals surface area (Å²) in [6, 6.07) is 8.45. The van der Waals surface area contributed by atoms with Crippen LogP contribution in [0, 0.1) is 0 Å². The smallest absolute Gasteiger partial charge is 0.0664 e. The number of aromatic amines is 1. The molecule has 92 valence electrons. The van der Waals surface area contributed by atoms with Crippen LogP contribution in [0.5, 0.6) is 0 Å². The lowest BCUT2D eigenvalue weighted by atomic mass is 10.1. The molecule has 0 amide bonds. The Kier molecular flexibility index (Phi) is 4.18. The number of aromatic nitrogens is 1. The lowest BCUT2D eigenvalue weighted by Crippen LogP contribution is -2.26. The molecule has 0 saturated carbocycles. The zero-order valence-corrected chi connectivity index (χ0v) is 10.2. The summed E-state index contributed by atoms with van der Waals surface area (Å²) in [5.74, 6) is 0. The highest BCUT2D eigenvalue weighted by molar-refractivity contribution is 5.79. The molecule has 17 heavy (non-hydrogen) atoms. The first-order valence-electron chi connectivity index (χ1n) is 6.24. The largest absolute Gasteiger partial charge is 0.392 e. The predicted octanol–water partition coefficient (Wildman–Crippen LogP) is 2.42. The summed E-state index contributed by atoms with van der Waals surface area (Å²) in [5.41, 5.74) is 2.40. The topological polar surface area (TPSA) is 48.0 Å². The molecule has 3 nitrogen and oxygen atoms in total. The van der Waals surface area contributed by atoms with Gasteiger partial charge in [-0.2, -0.15) is 0 Å². The molecule has 0 spiro atoms. The normalized spacial score (nSPS) is 13.1. The van der Waals surface area contributed by atoms with Gasteiger partial charge in [-0.1, -0.05) is 25.5 Å². The number of fused-ring (bicyclic) bond motifs is 1. The van der Waals surface area contributed by atoms with Crippen LogP contribution in [0.3, 0.4) is 0 Å². The average Bonchev–Trinajstić information content (AvgIpc) is 2.76. The fraction of sp³-hybridized carbons (Fsp3) is 0.429. The molecule has 2 aromatic rings. The minimum absolute atomic E-state index is 0.228. The van der Waals surface area contributed by atoms with E-state index < -0.39 is 0 Å². The van der Waals surface area contributed by atoms with Gasteiger partial charge < -0.3 is 15.4 Å². The van der Waals surface area contributed by atoms with Crippen LogP contribution in [0.15, 0.2) is 30.5 Å². The van der Waals surface area contributed by atoms with E-state index in [9.17, 15) is 5.11 Å². The molecule has 1 aromatic heterocycles. The molecule has 0 saturated heterocycles. The van der Waals surface area contributed by atoms with Crippen LogP contribution in [0.2, 0.25) is 0 Å². The summed E-state index contributed by atoms with van der Waals surface area (Å²) < 4.78 is 0. The number of aliphatic hydroxyl groups excluding tert-OH is 1. The van der Waals surface area contributed by atoms with Gasteiger partial charge in [-0.05, 0) is 29.5 Å². The first kappa shape index (κ1) is 12.1. The molecule has 0 aliphatic heterocycles. The van der Waals surface area contributed by atoms with E-state index in [1.165, 1.54) is 16.5 Å². The molecule has 0 bridgehead atoms. The summed E-state index contributed by atoms with van der Waals surface area (Å²) in [4.78, 5) is 3.20. The van der Waals surface area contributed by atoms with Crippen molar-refractivity contribution in [3.8, 4) is 0 Å². The third-order valence-corrected chi connectivity index (χ3v) is 2.95. The number of aliphatic hydroxyl groups is 1. The van der Waals surface area contributed by atoms with Crippen LogP contribution in [-0.4, -0.2) is 22.7 Å². The summed E-state index contributed by atoms with van der Waals surface area (Å²) >= 11 is 0. The van der Waals surface area contributed by atoms with Crippen LogP contribution in [0.4, 0.5) is 0 Å². The molecule has 0 aliphatic carbocycles. The van der Waals surface area contributed by atoms with Crippen molar-refractivity contribution < 1.29 is 5.11 Å². The molecule has 1 heterocycles. The molecule has 0 aliphatic rings. The van der Waals surface area contributed by atoms with Crippen molar-refractivity contribution in [3.05, 3.63) is 36.0 Å². The first-order valence-corrected chi connectivity index (χ1v) is 6.24. The summed E-state index contributed by atoms with van der Waals surface area (Å²) in [6.45, 7) is 3.55. The van der Waals surface area contributed by atoms with Crippen LogP contribution < -0.4 is 5.32 Å². The number of rotatable bonds is 6. The van der Waals surface area contributed by atoms with Gasteiger partial charge in [0.1, 0.15) is 0 Å². The number of benzene rings is 1. The molecule has 3 N–H and O–H groups in total. The lowest BCUT2D eigenvalue weighted by molar-refractivity contribution is 0.160. The Bertz CT molecular complexity index is 464. The van der Waals surface area contributed by atoms with Crippen molar-refractivity contribution >= 4 is 10.9 Å². The summed E-state index contributed by atoms with van der Waals surface area (Å²) in [6.07, 6.45) is 3.61. The maximum atomic E-state index is 9.60. The highest BCUT2D eigenvalue weighted by atomic mass is 16.3. The van der Waals surface area contributed by atoms with Gasteiger partial charge in [0.05, 0.1) is 6.10 Å². The van der Waals surface area contributed by atoms with Gasteiger partial charge >= 0.3 is 0 Å². The van der Waals surface area contributed by atoms with Crippen LogP contribution >= 0.6 is 0 Å².